The molecule has 0 aromatic heterocycles. The number of aryl methyl sites for hydroxylation is 1. The third kappa shape index (κ3) is 5.03. The van der Waals surface area contributed by atoms with E-state index in [9.17, 15) is 14.0 Å². The lowest BCUT2D eigenvalue weighted by Crippen LogP contribution is -2.27. The van der Waals surface area contributed by atoms with Crippen LogP contribution in [0.1, 0.15) is 22.3 Å². The zero-order chi connectivity index (χ0) is 21.8. The predicted octanol–water partition coefficient (Wildman–Crippen LogP) is 5.95. The van der Waals surface area contributed by atoms with Crippen molar-refractivity contribution >= 4 is 29.0 Å². The van der Waals surface area contributed by atoms with Gasteiger partial charge in [-0.15, -0.1) is 0 Å². The maximum Gasteiger partial charge on any atom is 0.293 e. The summed E-state index contributed by atoms with van der Waals surface area (Å²) in [6.45, 7) is 2.42. The number of amides is 2. The van der Waals surface area contributed by atoms with Crippen LogP contribution in [0.5, 0.6) is 5.75 Å². The molecular formula is C25H20FNO3S. The molecule has 0 radical (unpaired) electrons. The summed E-state index contributed by atoms with van der Waals surface area (Å²) in [5.74, 6) is -0.142. The molecule has 1 saturated heterocycles. The van der Waals surface area contributed by atoms with E-state index in [4.69, 9.17) is 4.74 Å². The fourth-order valence-corrected chi connectivity index (χ4v) is 4.05. The van der Waals surface area contributed by atoms with Gasteiger partial charge in [-0.2, -0.15) is 0 Å². The molecule has 6 heteroatoms. The summed E-state index contributed by atoms with van der Waals surface area (Å²) in [5, 5.41) is -0.405. The van der Waals surface area contributed by atoms with Crippen molar-refractivity contribution in [2.24, 2.45) is 0 Å². The molecule has 1 heterocycles. The highest BCUT2D eigenvalue weighted by Crippen LogP contribution is 2.33. The molecule has 4 nitrogen and oxygen atoms in total. The van der Waals surface area contributed by atoms with Crippen LogP contribution in [0.25, 0.3) is 6.08 Å². The first-order valence-corrected chi connectivity index (χ1v) is 10.6. The molecular weight excluding hydrogens is 413 g/mol. The van der Waals surface area contributed by atoms with Crippen LogP contribution >= 0.6 is 11.8 Å². The summed E-state index contributed by atoms with van der Waals surface area (Å²) in [6, 6.07) is 21.6. The van der Waals surface area contributed by atoms with E-state index in [0.29, 0.717) is 22.8 Å². The topological polar surface area (TPSA) is 46.6 Å². The van der Waals surface area contributed by atoms with Gasteiger partial charge in [0.05, 0.1) is 11.4 Å². The van der Waals surface area contributed by atoms with Gasteiger partial charge in [-0.25, -0.2) is 4.39 Å². The molecule has 1 fully saturated rings. The van der Waals surface area contributed by atoms with Crippen LogP contribution in [-0.4, -0.2) is 16.0 Å². The number of imide groups is 1. The average molecular weight is 434 g/mol. The van der Waals surface area contributed by atoms with E-state index in [1.54, 1.807) is 24.3 Å². The van der Waals surface area contributed by atoms with Gasteiger partial charge in [0, 0.05) is 5.56 Å². The Bertz CT molecular complexity index is 1160. The first-order chi connectivity index (χ1) is 15.0. The number of carbonyl (C=O) groups excluding carboxylic acids is 2. The van der Waals surface area contributed by atoms with Gasteiger partial charge in [-0.3, -0.25) is 14.5 Å². The summed E-state index contributed by atoms with van der Waals surface area (Å²) in [5.41, 5.74) is 3.36. The third-order valence-corrected chi connectivity index (χ3v) is 5.73. The summed E-state index contributed by atoms with van der Waals surface area (Å²) in [4.78, 5) is 26.3. The fourth-order valence-electron chi connectivity index (χ4n) is 3.21. The maximum atomic E-state index is 13.9. The Kier molecular flexibility index (Phi) is 6.18. The van der Waals surface area contributed by atoms with Crippen LogP contribution in [0.2, 0.25) is 0 Å². The molecule has 2 amide bonds. The van der Waals surface area contributed by atoms with E-state index in [1.165, 1.54) is 11.6 Å². The van der Waals surface area contributed by atoms with Crippen LogP contribution in [0.3, 0.4) is 0 Å². The van der Waals surface area contributed by atoms with E-state index in [2.05, 4.69) is 6.07 Å². The number of halogens is 1. The molecule has 0 aliphatic carbocycles. The lowest BCUT2D eigenvalue weighted by Gasteiger charge is -2.12. The molecule has 3 aromatic carbocycles. The fraction of sp³-hybridized carbons (Fsp3) is 0.120. The zero-order valence-corrected chi connectivity index (χ0v) is 17.7. The number of rotatable bonds is 6. The zero-order valence-electron chi connectivity index (χ0n) is 16.9. The van der Waals surface area contributed by atoms with Crippen LogP contribution in [0, 0.1) is 12.7 Å². The van der Waals surface area contributed by atoms with E-state index < -0.39 is 17.0 Å². The molecule has 0 spiro atoms. The van der Waals surface area contributed by atoms with E-state index in [-0.39, 0.29) is 6.54 Å². The van der Waals surface area contributed by atoms with Crippen molar-refractivity contribution in [3.05, 3.63) is 106 Å². The normalized spacial score (nSPS) is 15.0. The van der Waals surface area contributed by atoms with Gasteiger partial charge in [-0.05, 0) is 54.1 Å². The Morgan fingerprint density at radius 1 is 1.00 bits per heavy atom. The highest BCUT2D eigenvalue weighted by molar-refractivity contribution is 8.18. The largest absolute Gasteiger partial charge is 0.489 e. The monoisotopic (exact) mass is 433 g/mol. The van der Waals surface area contributed by atoms with Gasteiger partial charge in [0.15, 0.2) is 0 Å². The number of benzene rings is 3. The molecule has 0 bridgehead atoms. The van der Waals surface area contributed by atoms with E-state index in [1.807, 2.05) is 49.4 Å². The smallest absolute Gasteiger partial charge is 0.293 e. The Morgan fingerprint density at radius 3 is 2.52 bits per heavy atom. The second-order valence-electron chi connectivity index (χ2n) is 7.21. The molecule has 0 unspecified atom stereocenters. The first kappa shape index (κ1) is 20.9. The molecule has 1 aliphatic heterocycles. The predicted molar refractivity (Wildman–Crippen MR) is 120 cm³/mol. The quantitative estimate of drug-likeness (QED) is 0.451. The molecule has 4 rings (SSSR count). The van der Waals surface area contributed by atoms with Gasteiger partial charge in [0.1, 0.15) is 18.2 Å². The third-order valence-electron chi connectivity index (χ3n) is 4.83. The van der Waals surface area contributed by atoms with Gasteiger partial charge in [0.25, 0.3) is 11.1 Å². The Balaban J connectivity index is 1.42. The number of hydrogen-bond acceptors (Lipinski definition) is 4. The van der Waals surface area contributed by atoms with Gasteiger partial charge in [0.2, 0.25) is 0 Å². The molecule has 0 atom stereocenters. The number of carbonyl (C=O) groups is 2. The van der Waals surface area contributed by atoms with Crippen molar-refractivity contribution in [3.63, 3.8) is 0 Å². The summed E-state index contributed by atoms with van der Waals surface area (Å²) in [6.07, 6.45) is 1.66. The van der Waals surface area contributed by atoms with Crippen LogP contribution in [-0.2, 0) is 17.9 Å². The van der Waals surface area contributed by atoms with Gasteiger partial charge < -0.3 is 4.74 Å². The molecule has 0 N–H and O–H groups in total. The van der Waals surface area contributed by atoms with Crippen molar-refractivity contribution in [2.75, 3.05) is 0 Å². The van der Waals surface area contributed by atoms with Crippen molar-refractivity contribution in [1.82, 2.24) is 4.90 Å². The van der Waals surface area contributed by atoms with Crippen LogP contribution < -0.4 is 4.74 Å². The second-order valence-corrected chi connectivity index (χ2v) is 8.20. The van der Waals surface area contributed by atoms with E-state index in [0.717, 1.165) is 27.8 Å². The van der Waals surface area contributed by atoms with Crippen molar-refractivity contribution in [1.29, 1.82) is 0 Å². The van der Waals surface area contributed by atoms with Crippen LogP contribution in [0.15, 0.2) is 77.7 Å². The highest BCUT2D eigenvalue weighted by Gasteiger charge is 2.35. The standard InChI is InChI=1S/C25H20FNO3S/c1-17-5-4-6-19(13-17)16-30-21-11-9-18(10-12-21)14-23-24(28)27(25(29)31-23)15-20-7-2-3-8-22(20)26/h2-14H,15-16H2,1H3/b23-14-. The summed E-state index contributed by atoms with van der Waals surface area (Å²) >= 11 is 0.860. The minimum Gasteiger partial charge on any atom is -0.489 e. The molecule has 156 valence electrons. The lowest BCUT2D eigenvalue weighted by molar-refractivity contribution is -0.123. The SMILES string of the molecule is Cc1cccc(COc2ccc(/C=C3\SC(=O)N(Cc4ccccc4F)C3=O)cc2)c1. The molecule has 0 saturated carbocycles. The summed E-state index contributed by atoms with van der Waals surface area (Å²) < 4.78 is 19.7. The molecule has 3 aromatic rings. The van der Waals surface area contributed by atoms with Crippen LogP contribution in [0.4, 0.5) is 9.18 Å². The van der Waals surface area contributed by atoms with Crippen molar-refractivity contribution in [3.8, 4) is 5.75 Å². The first-order valence-electron chi connectivity index (χ1n) is 9.77. The maximum absolute atomic E-state index is 13.9. The molecule has 31 heavy (non-hydrogen) atoms. The number of hydrogen-bond donors (Lipinski definition) is 0. The number of ether oxygens (including phenoxy) is 1. The lowest BCUT2D eigenvalue weighted by atomic mass is 10.1. The summed E-state index contributed by atoms with van der Waals surface area (Å²) in [7, 11) is 0. The Morgan fingerprint density at radius 2 is 1.77 bits per heavy atom. The minimum absolute atomic E-state index is 0.0829. The van der Waals surface area contributed by atoms with Gasteiger partial charge in [-0.1, -0.05) is 60.2 Å². The van der Waals surface area contributed by atoms with E-state index >= 15 is 0 Å². The minimum atomic E-state index is -0.438. The van der Waals surface area contributed by atoms with Crippen molar-refractivity contribution < 1.29 is 18.7 Å². The number of nitrogens with zero attached hydrogens (tertiary/aromatic N) is 1. The van der Waals surface area contributed by atoms with Crippen molar-refractivity contribution in [2.45, 2.75) is 20.1 Å². The highest BCUT2D eigenvalue weighted by atomic mass is 32.2. The Labute approximate surface area is 184 Å². The Hall–Kier alpha value is -3.38. The molecule has 1 aliphatic rings. The average Bonchev–Trinajstić information content (AvgIpc) is 3.02. The number of thioether (sulfide) groups is 1. The van der Waals surface area contributed by atoms with Gasteiger partial charge >= 0.3 is 0 Å². The second kappa shape index (κ2) is 9.18.